The highest BCUT2D eigenvalue weighted by molar-refractivity contribution is 7.99. The molecule has 0 unspecified atom stereocenters. The van der Waals surface area contributed by atoms with Crippen molar-refractivity contribution in [2.24, 2.45) is 0 Å². The number of benzene rings is 2. The molecule has 0 saturated heterocycles. The SMILES string of the molecule is COc1ccccc1CNC(=O)CSc1nnc(-c2ccncc2)n1-c1ccccc1. The lowest BCUT2D eigenvalue weighted by Gasteiger charge is -2.11. The molecule has 2 aromatic heterocycles. The number of carbonyl (C=O) groups excluding carboxylic acids is 1. The first-order valence-corrected chi connectivity index (χ1v) is 10.7. The van der Waals surface area contributed by atoms with Crippen molar-refractivity contribution in [1.29, 1.82) is 0 Å². The molecule has 7 nitrogen and oxygen atoms in total. The van der Waals surface area contributed by atoms with E-state index in [9.17, 15) is 4.79 Å². The van der Waals surface area contributed by atoms with E-state index in [0.29, 0.717) is 17.5 Å². The summed E-state index contributed by atoms with van der Waals surface area (Å²) in [5, 5.41) is 12.3. The van der Waals surface area contributed by atoms with Crippen LogP contribution in [0.5, 0.6) is 5.75 Å². The molecule has 0 spiro atoms. The summed E-state index contributed by atoms with van der Waals surface area (Å²) in [5.41, 5.74) is 2.76. The van der Waals surface area contributed by atoms with Gasteiger partial charge >= 0.3 is 0 Å². The van der Waals surface area contributed by atoms with Gasteiger partial charge in [-0.2, -0.15) is 0 Å². The van der Waals surface area contributed by atoms with Crippen LogP contribution < -0.4 is 10.1 Å². The first kappa shape index (κ1) is 20.6. The third-order valence-electron chi connectivity index (χ3n) is 4.59. The Morgan fingerprint density at radius 1 is 1.00 bits per heavy atom. The molecular weight excluding hydrogens is 410 g/mol. The van der Waals surface area contributed by atoms with Crippen molar-refractivity contribution < 1.29 is 9.53 Å². The Hall–Kier alpha value is -3.65. The predicted octanol–water partition coefficient (Wildman–Crippen LogP) is 3.75. The summed E-state index contributed by atoms with van der Waals surface area (Å²) in [6.45, 7) is 0.400. The standard InChI is InChI=1S/C23H21N5O2S/c1-30-20-10-6-5-7-18(20)15-25-21(29)16-31-23-27-26-22(17-11-13-24-14-12-17)28(23)19-8-3-2-4-9-19/h2-14H,15-16H2,1H3,(H,25,29). The number of methoxy groups -OCH3 is 1. The first-order valence-electron chi connectivity index (χ1n) is 9.69. The minimum absolute atomic E-state index is 0.0935. The van der Waals surface area contributed by atoms with Crippen LogP contribution in [0.4, 0.5) is 0 Å². The molecule has 0 saturated carbocycles. The highest BCUT2D eigenvalue weighted by Crippen LogP contribution is 2.27. The molecule has 0 atom stereocenters. The molecule has 1 amide bonds. The van der Waals surface area contributed by atoms with Gasteiger partial charge < -0.3 is 10.1 Å². The average molecular weight is 432 g/mol. The summed E-state index contributed by atoms with van der Waals surface area (Å²) in [7, 11) is 1.62. The van der Waals surface area contributed by atoms with Gasteiger partial charge in [-0.3, -0.25) is 14.3 Å². The van der Waals surface area contributed by atoms with Gasteiger partial charge in [0.2, 0.25) is 5.91 Å². The maximum Gasteiger partial charge on any atom is 0.230 e. The van der Waals surface area contributed by atoms with Crippen LogP contribution >= 0.6 is 11.8 Å². The average Bonchev–Trinajstić information content (AvgIpc) is 3.26. The number of rotatable bonds is 8. The number of hydrogen-bond acceptors (Lipinski definition) is 6. The van der Waals surface area contributed by atoms with Crippen LogP contribution in [0.1, 0.15) is 5.56 Å². The topological polar surface area (TPSA) is 81.9 Å². The maximum atomic E-state index is 12.5. The van der Waals surface area contributed by atoms with E-state index >= 15 is 0 Å². The minimum Gasteiger partial charge on any atom is -0.496 e. The Morgan fingerprint density at radius 2 is 1.74 bits per heavy atom. The normalized spacial score (nSPS) is 10.6. The second kappa shape index (κ2) is 9.90. The number of thioether (sulfide) groups is 1. The minimum atomic E-state index is -0.0935. The fraction of sp³-hybridized carbons (Fsp3) is 0.130. The molecule has 156 valence electrons. The summed E-state index contributed by atoms with van der Waals surface area (Å²) in [4.78, 5) is 16.5. The largest absolute Gasteiger partial charge is 0.496 e. The highest BCUT2D eigenvalue weighted by Gasteiger charge is 2.17. The summed E-state index contributed by atoms with van der Waals surface area (Å²) >= 11 is 1.34. The van der Waals surface area contributed by atoms with Crippen molar-refractivity contribution >= 4 is 17.7 Å². The lowest BCUT2D eigenvalue weighted by molar-refractivity contribution is -0.118. The van der Waals surface area contributed by atoms with Gasteiger partial charge in [0.1, 0.15) is 5.75 Å². The van der Waals surface area contributed by atoms with Gasteiger partial charge in [0, 0.05) is 35.8 Å². The number of nitrogens with one attached hydrogen (secondary N) is 1. The van der Waals surface area contributed by atoms with Crippen LogP contribution in [0.3, 0.4) is 0 Å². The van der Waals surface area contributed by atoms with Crippen molar-refractivity contribution in [3.8, 4) is 22.8 Å². The monoisotopic (exact) mass is 431 g/mol. The highest BCUT2D eigenvalue weighted by atomic mass is 32.2. The van der Waals surface area contributed by atoms with Crippen LogP contribution in [0.2, 0.25) is 0 Å². The zero-order valence-electron chi connectivity index (χ0n) is 16.9. The quantitative estimate of drug-likeness (QED) is 0.428. The molecule has 0 aliphatic carbocycles. The number of nitrogens with zero attached hydrogens (tertiary/aromatic N) is 4. The second-order valence-electron chi connectivity index (χ2n) is 6.59. The second-order valence-corrected chi connectivity index (χ2v) is 7.53. The van der Waals surface area contributed by atoms with E-state index in [1.54, 1.807) is 19.5 Å². The predicted molar refractivity (Wildman–Crippen MR) is 120 cm³/mol. The van der Waals surface area contributed by atoms with E-state index in [1.165, 1.54) is 11.8 Å². The van der Waals surface area contributed by atoms with Gasteiger partial charge in [0.15, 0.2) is 11.0 Å². The fourth-order valence-corrected chi connectivity index (χ4v) is 3.87. The summed E-state index contributed by atoms with van der Waals surface area (Å²) in [5.74, 6) is 1.58. The van der Waals surface area contributed by atoms with Crippen molar-refractivity contribution in [1.82, 2.24) is 25.1 Å². The van der Waals surface area contributed by atoms with Crippen LogP contribution in [0.15, 0.2) is 84.3 Å². The number of amides is 1. The van der Waals surface area contributed by atoms with Gasteiger partial charge in [-0.05, 0) is 30.3 Å². The Kier molecular flexibility index (Phi) is 6.59. The maximum absolute atomic E-state index is 12.5. The molecule has 4 rings (SSSR count). The van der Waals surface area contributed by atoms with Gasteiger partial charge in [0.05, 0.1) is 12.9 Å². The molecule has 2 heterocycles. The van der Waals surface area contributed by atoms with Gasteiger partial charge in [0.25, 0.3) is 0 Å². The van der Waals surface area contributed by atoms with Crippen LogP contribution in [0.25, 0.3) is 17.1 Å². The van der Waals surface area contributed by atoms with Crippen molar-refractivity contribution in [2.75, 3.05) is 12.9 Å². The molecule has 2 aromatic carbocycles. The van der Waals surface area contributed by atoms with E-state index in [4.69, 9.17) is 4.74 Å². The number of aromatic nitrogens is 4. The molecule has 1 N–H and O–H groups in total. The van der Waals surface area contributed by atoms with Crippen LogP contribution in [-0.4, -0.2) is 38.5 Å². The number of carbonyl (C=O) groups is 1. The van der Waals surface area contributed by atoms with Crippen LogP contribution in [-0.2, 0) is 11.3 Å². The third kappa shape index (κ3) is 4.92. The lowest BCUT2D eigenvalue weighted by Crippen LogP contribution is -2.25. The van der Waals surface area contributed by atoms with Gasteiger partial charge in [-0.1, -0.05) is 48.2 Å². The fourth-order valence-electron chi connectivity index (χ4n) is 3.09. The lowest BCUT2D eigenvalue weighted by atomic mass is 10.2. The zero-order valence-corrected chi connectivity index (χ0v) is 17.7. The Balaban J connectivity index is 1.50. The molecule has 0 bridgehead atoms. The molecule has 31 heavy (non-hydrogen) atoms. The molecule has 0 radical (unpaired) electrons. The molecule has 8 heteroatoms. The number of hydrogen-bond donors (Lipinski definition) is 1. The van der Waals surface area contributed by atoms with E-state index in [-0.39, 0.29) is 11.7 Å². The first-order chi connectivity index (χ1) is 15.3. The smallest absolute Gasteiger partial charge is 0.230 e. The summed E-state index contributed by atoms with van der Waals surface area (Å²) < 4.78 is 7.29. The van der Waals surface area contributed by atoms with E-state index in [0.717, 1.165) is 22.6 Å². The Labute approximate surface area is 184 Å². The third-order valence-corrected chi connectivity index (χ3v) is 5.52. The molecule has 0 aliphatic rings. The number of ether oxygens (including phenoxy) is 1. The number of para-hydroxylation sites is 2. The Morgan fingerprint density at radius 3 is 2.52 bits per heavy atom. The molecular formula is C23H21N5O2S. The molecule has 0 aliphatic heterocycles. The van der Waals surface area contributed by atoms with E-state index in [1.807, 2.05) is 71.3 Å². The van der Waals surface area contributed by atoms with Crippen molar-refractivity contribution in [2.45, 2.75) is 11.7 Å². The van der Waals surface area contributed by atoms with Crippen molar-refractivity contribution in [3.63, 3.8) is 0 Å². The summed E-state index contributed by atoms with van der Waals surface area (Å²) in [6.07, 6.45) is 3.44. The number of pyridine rings is 1. The Bertz CT molecular complexity index is 1150. The van der Waals surface area contributed by atoms with Gasteiger partial charge in [-0.15, -0.1) is 10.2 Å². The summed E-state index contributed by atoms with van der Waals surface area (Å²) in [6, 6.07) is 21.2. The van der Waals surface area contributed by atoms with E-state index < -0.39 is 0 Å². The van der Waals surface area contributed by atoms with E-state index in [2.05, 4.69) is 20.5 Å². The van der Waals surface area contributed by atoms with Crippen molar-refractivity contribution in [3.05, 3.63) is 84.7 Å². The molecule has 4 aromatic rings. The van der Waals surface area contributed by atoms with Crippen LogP contribution in [0, 0.1) is 0 Å². The van der Waals surface area contributed by atoms with Gasteiger partial charge in [-0.25, -0.2) is 0 Å². The molecule has 0 fully saturated rings. The zero-order chi connectivity index (χ0) is 21.5.